The average Bonchev–Trinajstić information content (AvgIpc) is 3.48. The van der Waals surface area contributed by atoms with Crippen molar-refractivity contribution in [2.45, 2.75) is 31.1 Å². The van der Waals surface area contributed by atoms with Crippen LogP contribution in [0, 0.1) is 12.7 Å². The molecule has 2 atom stereocenters. The number of rotatable bonds is 6. The molecule has 2 aliphatic rings. The standard InChI is InChI=1S/C28H25FN4O3S/c1-17-6-8-19(9-7-17)24-15-23(18-10-12-22(36-2)13-11-18)32-33(24)28-31-27(35)25(37-28)16-26(34)30-21-5-3-4-20(29)14-21/h3-14,24-25H,15-16H2,1-2H3,(H,30,34)/t24-,25-/m0/s1. The second kappa shape index (κ2) is 10.6. The Bertz CT molecular complexity index is 1390. The summed E-state index contributed by atoms with van der Waals surface area (Å²) >= 11 is 1.23. The van der Waals surface area contributed by atoms with Crippen molar-refractivity contribution < 1.29 is 18.7 Å². The van der Waals surface area contributed by atoms with Crippen LogP contribution in [0.5, 0.6) is 5.75 Å². The highest BCUT2D eigenvalue weighted by atomic mass is 32.2. The molecule has 3 aromatic carbocycles. The maximum Gasteiger partial charge on any atom is 0.262 e. The molecule has 5 rings (SSSR count). The molecule has 2 aliphatic heterocycles. The van der Waals surface area contributed by atoms with Gasteiger partial charge in [0, 0.05) is 18.5 Å². The van der Waals surface area contributed by atoms with E-state index in [9.17, 15) is 14.0 Å². The zero-order chi connectivity index (χ0) is 25.9. The van der Waals surface area contributed by atoms with Crippen LogP contribution >= 0.6 is 11.8 Å². The number of benzene rings is 3. The Morgan fingerprint density at radius 3 is 2.59 bits per heavy atom. The van der Waals surface area contributed by atoms with E-state index in [2.05, 4.69) is 22.4 Å². The molecule has 1 N–H and O–H groups in total. The number of hydrogen-bond acceptors (Lipinski definition) is 6. The Morgan fingerprint density at radius 1 is 1.14 bits per heavy atom. The minimum atomic E-state index is -0.678. The van der Waals surface area contributed by atoms with Crippen molar-refractivity contribution in [3.8, 4) is 5.75 Å². The number of methoxy groups -OCH3 is 1. The summed E-state index contributed by atoms with van der Waals surface area (Å²) in [6, 6.07) is 21.4. The zero-order valence-electron chi connectivity index (χ0n) is 20.3. The molecule has 0 bridgehead atoms. The number of anilines is 1. The summed E-state index contributed by atoms with van der Waals surface area (Å²) in [4.78, 5) is 29.6. The van der Waals surface area contributed by atoms with Crippen LogP contribution in [0.4, 0.5) is 10.1 Å². The van der Waals surface area contributed by atoms with Crippen molar-refractivity contribution in [3.05, 3.63) is 95.3 Å². The predicted molar refractivity (Wildman–Crippen MR) is 143 cm³/mol. The van der Waals surface area contributed by atoms with E-state index in [-0.39, 0.29) is 24.3 Å². The van der Waals surface area contributed by atoms with Crippen molar-refractivity contribution in [3.63, 3.8) is 0 Å². The van der Waals surface area contributed by atoms with Crippen molar-refractivity contribution >= 4 is 40.1 Å². The molecule has 0 spiro atoms. The fourth-order valence-corrected chi connectivity index (χ4v) is 5.31. The molecule has 37 heavy (non-hydrogen) atoms. The number of halogens is 1. The van der Waals surface area contributed by atoms with Crippen LogP contribution in [0.2, 0.25) is 0 Å². The molecule has 0 aliphatic carbocycles. The van der Waals surface area contributed by atoms with E-state index in [1.165, 1.54) is 30.0 Å². The van der Waals surface area contributed by atoms with Gasteiger partial charge in [0.15, 0.2) is 5.17 Å². The topological polar surface area (TPSA) is 83.4 Å². The summed E-state index contributed by atoms with van der Waals surface area (Å²) in [5, 5.41) is 9.08. The normalized spacial score (nSPS) is 19.0. The Labute approximate surface area is 218 Å². The van der Waals surface area contributed by atoms with Crippen LogP contribution in [0.15, 0.2) is 82.9 Å². The molecule has 188 valence electrons. The number of aliphatic imine (C=N–C) groups is 1. The zero-order valence-corrected chi connectivity index (χ0v) is 21.2. The first-order valence-corrected chi connectivity index (χ1v) is 12.7. The van der Waals surface area contributed by atoms with Crippen LogP contribution in [-0.4, -0.2) is 40.1 Å². The molecular weight excluding hydrogens is 491 g/mol. The Morgan fingerprint density at radius 2 is 1.89 bits per heavy atom. The molecule has 0 saturated heterocycles. The number of nitrogens with one attached hydrogen (secondary N) is 1. The summed E-state index contributed by atoms with van der Waals surface area (Å²) in [6.45, 7) is 2.03. The lowest BCUT2D eigenvalue weighted by atomic mass is 9.98. The number of carbonyl (C=O) groups is 2. The fraction of sp³-hybridized carbons (Fsp3) is 0.214. The maximum absolute atomic E-state index is 13.4. The number of amidine groups is 1. The van der Waals surface area contributed by atoms with Gasteiger partial charge < -0.3 is 10.1 Å². The lowest BCUT2D eigenvalue weighted by molar-refractivity contribution is -0.121. The first-order chi connectivity index (χ1) is 17.9. The largest absolute Gasteiger partial charge is 0.497 e. The van der Waals surface area contributed by atoms with Crippen molar-refractivity contribution in [1.82, 2.24) is 5.01 Å². The van der Waals surface area contributed by atoms with Gasteiger partial charge in [-0.2, -0.15) is 10.1 Å². The number of hydrogen-bond donors (Lipinski definition) is 1. The van der Waals surface area contributed by atoms with E-state index in [4.69, 9.17) is 9.84 Å². The Hall–Kier alpha value is -3.98. The van der Waals surface area contributed by atoms with Gasteiger partial charge in [0.2, 0.25) is 5.91 Å². The van der Waals surface area contributed by atoms with Crippen LogP contribution in [-0.2, 0) is 9.59 Å². The number of hydrazone groups is 1. The number of carbonyl (C=O) groups excluding carboxylic acids is 2. The van der Waals surface area contributed by atoms with Crippen molar-refractivity contribution in [1.29, 1.82) is 0 Å². The highest BCUT2D eigenvalue weighted by Gasteiger charge is 2.39. The molecule has 7 nitrogen and oxygen atoms in total. The molecule has 3 aromatic rings. The van der Waals surface area contributed by atoms with Crippen molar-refractivity contribution in [2.75, 3.05) is 12.4 Å². The van der Waals surface area contributed by atoms with Gasteiger partial charge in [0.25, 0.3) is 5.91 Å². The Balaban J connectivity index is 1.35. The lowest BCUT2D eigenvalue weighted by Crippen LogP contribution is -2.25. The van der Waals surface area contributed by atoms with E-state index in [0.717, 1.165) is 28.2 Å². The lowest BCUT2D eigenvalue weighted by Gasteiger charge is -2.23. The number of nitrogens with zero attached hydrogens (tertiary/aromatic N) is 3. The van der Waals surface area contributed by atoms with Gasteiger partial charge in [0.05, 0.1) is 18.9 Å². The van der Waals surface area contributed by atoms with Gasteiger partial charge >= 0.3 is 0 Å². The highest BCUT2D eigenvalue weighted by Crippen LogP contribution is 2.38. The molecule has 2 amide bonds. The van der Waals surface area contributed by atoms with Gasteiger partial charge in [-0.05, 0) is 60.5 Å². The third-order valence-corrected chi connectivity index (χ3v) is 7.34. The molecule has 0 unspecified atom stereocenters. The average molecular weight is 517 g/mol. The summed E-state index contributed by atoms with van der Waals surface area (Å²) in [6.07, 6.45) is 0.555. The summed E-state index contributed by atoms with van der Waals surface area (Å²) in [5.74, 6) is -0.455. The van der Waals surface area contributed by atoms with E-state index in [1.54, 1.807) is 18.2 Å². The minimum absolute atomic E-state index is 0.0783. The molecule has 0 saturated carbocycles. The Kier molecular flexibility index (Phi) is 7.05. The minimum Gasteiger partial charge on any atom is -0.497 e. The smallest absolute Gasteiger partial charge is 0.262 e. The highest BCUT2D eigenvalue weighted by molar-refractivity contribution is 8.15. The molecule has 0 aromatic heterocycles. The number of aryl methyl sites for hydroxylation is 1. The van der Waals surface area contributed by atoms with Gasteiger partial charge in [-0.25, -0.2) is 9.40 Å². The van der Waals surface area contributed by atoms with Gasteiger partial charge in [-0.3, -0.25) is 9.59 Å². The maximum atomic E-state index is 13.4. The SMILES string of the molecule is COc1ccc(C2=NN(C3=NC(=O)[C@H](CC(=O)Nc4cccc(F)c4)S3)[C@H](c3ccc(C)cc3)C2)cc1. The summed E-state index contributed by atoms with van der Waals surface area (Å²) in [5.41, 5.74) is 4.38. The number of ether oxygens (including phenoxy) is 1. The molecular formula is C28H25FN4O3S. The van der Waals surface area contributed by atoms with Crippen LogP contribution in [0.1, 0.15) is 35.6 Å². The third-order valence-electron chi connectivity index (χ3n) is 6.20. The van der Waals surface area contributed by atoms with E-state index in [0.29, 0.717) is 17.3 Å². The second-order valence-corrected chi connectivity index (χ2v) is 10.0. The second-order valence-electron chi connectivity index (χ2n) is 8.85. The summed E-state index contributed by atoms with van der Waals surface area (Å²) < 4.78 is 18.7. The van der Waals surface area contributed by atoms with E-state index in [1.807, 2.05) is 43.3 Å². The van der Waals surface area contributed by atoms with E-state index < -0.39 is 11.1 Å². The van der Waals surface area contributed by atoms with E-state index >= 15 is 0 Å². The van der Waals surface area contributed by atoms with Crippen LogP contribution < -0.4 is 10.1 Å². The quantitative estimate of drug-likeness (QED) is 0.480. The van der Waals surface area contributed by atoms with Gasteiger partial charge in [-0.1, -0.05) is 47.7 Å². The fourth-order valence-electron chi connectivity index (χ4n) is 4.24. The van der Waals surface area contributed by atoms with Crippen molar-refractivity contribution in [2.24, 2.45) is 10.1 Å². The third kappa shape index (κ3) is 5.56. The molecule has 9 heteroatoms. The predicted octanol–water partition coefficient (Wildman–Crippen LogP) is 5.32. The first-order valence-electron chi connectivity index (χ1n) is 11.8. The molecule has 2 heterocycles. The van der Waals surface area contributed by atoms with Gasteiger partial charge in [0.1, 0.15) is 16.8 Å². The number of amides is 2. The monoisotopic (exact) mass is 516 g/mol. The van der Waals surface area contributed by atoms with Gasteiger partial charge in [-0.15, -0.1) is 0 Å². The first kappa shape index (κ1) is 24.7. The van der Waals surface area contributed by atoms with Crippen LogP contribution in [0.25, 0.3) is 0 Å². The molecule has 0 fully saturated rings. The summed E-state index contributed by atoms with van der Waals surface area (Å²) in [7, 11) is 1.62. The molecule has 0 radical (unpaired) electrons. The number of thioether (sulfide) groups is 1. The van der Waals surface area contributed by atoms with Crippen LogP contribution in [0.3, 0.4) is 0 Å².